The number of nitrogens with one attached hydrogen (secondary N) is 1. The lowest BCUT2D eigenvalue weighted by Gasteiger charge is -2.31. The molecule has 116 valence electrons. The van der Waals surface area contributed by atoms with Crippen LogP contribution in [0.25, 0.3) is 0 Å². The summed E-state index contributed by atoms with van der Waals surface area (Å²) in [6.45, 7) is 5.00. The quantitative estimate of drug-likeness (QED) is 0.671. The Morgan fingerprint density at radius 3 is 3.23 bits per heavy atom. The molecule has 0 saturated heterocycles. The highest BCUT2D eigenvalue weighted by atomic mass is 32.1. The molecule has 0 amide bonds. The van der Waals surface area contributed by atoms with Gasteiger partial charge in [-0.1, -0.05) is 6.07 Å². The number of thiophene rings is 1. The van der Waals surface area contributed by atoms with Crippen molar-refractivity contribution >= 4 is 23.1 Å². The van der Waals surface area contributed by atoms with Gasteiger partial charge < -0.3 is 11.1 Å². The highest BCUT2D eigenvalue weighted by Crippen LogP contribution is 2.25. The molecular weight excluding hydrogens is 294 g/mol. The van der Waals surface area contributed by atoms with E-state index >= 15 is 0 Å². The summed E-state index contributed by atoms with van der Waals surface area (Å²) in [6.07, 6.45) is 2.87. The third-order valence-electron chi connectivity index (χ3n) is 3.91. The molecule has 0 aliphatic carbocycles. The Morgan fingerprint density at radius 1 is 1.50 bits per heavy atom. The zero-order chi connectivity index (χ0) is 15.4. The van der Waals surface area contributed by atoms with Crippen molar-refractivity contribution in [2.24, 2.45) is 10.7 Å². The van der Waals surface area contributed by atoms with Crippen molar-refractivity contribution in [1.29, 1.82) is 0 Å². The number of hydrogen-bond donors (Lipinski definition) is 2. The maximum atomic E-state index is 5.93. The van der Waals surface area contributed by atoms with Gasteiger partial charge in [0.2, 0.25) is 0 Å². The standard InChI is InChI=1S/C16H21N5S/c1-12(21-8-5-14-13(11-21)6-9-22-14)10-19-16(17)20-15-4-2-3-7-18-15/h2-4,6-7,9,12H,5,8,10-11H2,1H3,(H3,17,18,19,20). The lowest BCUT2D eigenvalue weighted by molar-refractivity contribution is 0.197. The highest BCUT2D eigenvalue weighted by Gasteiger charge is 2.21. The first-order chi connectivity index (χ1) is 10.7. The summed E-state index contributed by atoms with van der Waals surface area (Å²) < 4.78 is 0. The van der Waals surface area contributed by atoms with Gasteiger partial charge in [0.05, 0.1) is 6.54 Å². The van der Waals surface area contributed by atoms with E-state index in [1.54, 1.807) is 6.20 Å². The number of pyridine rings is 1. The zero-order valence-corrected chi connectivity index (χ0v) is 13.5. The molecule has 0 fully saturated rings. The summed E-state index contributed by atoms with van der Waals surface area (Å²) in [5.41, 5.74) is 7.39. The molecule has 0 saturated carbocycles. The average Bonchev–Trinajstić information content (AvgIpc) is 3.01. The molecule has 0 aromatic carbocycles. The molecule has 2 aromatic rings. The zero-order valence-electron chi connectivity index (χ0n) is 12.7. The first-order valence-electron chi connectivity index (χ1n) is 7.49. The van der Waals surface area contributed by atoms with Gasteiger partial charge in [0.25, 0.3) is 0 Å². The Morgan fingerprint density at radius 2 is 2.41 bits per heavy atom. The minimum atomic E-state index is 0.372. The third kappa shape index (κ3) is 3.64. The molecule has 3 N–H and O–H groups in total. The first kappa shape index (κ1) is 15.0. The minimum Gasteiger partial charge on any atom is -0.370 e. The largest absolute Gasteiger partial charge is 0.370 e. The summed E-state index contributed by atoms with van der Waals surface area (Å²) in [5.74, 6) is 1.14. The second-order valence-electron chi connectivity index (χ2n) is 5.50. The monoisotopic (exact) mass is 315 g/mol. The summed E-state index contributed by atoms with van der Waals surface area (Å²) >= 11 is 1.87. The molecule has 0 spiro atoms. The van der Waals surface area contributed by atoms with E-state index in [-0.39, 0.29) is 0 Å². The molecule has 3 rings (SSSR count). The van der Waals surface area contributed by atoms with Crippen molar-refractivity contribution in [3.8, 4) is 0 Å². The Hall–Kier alpha value is -1.92. The fourth-order valence-electron chi connectivity index (χ4n) is 2.60. The molecular formula is C16H21N5S. The van der Waals surface area contributed by atoms with E-state index in [0.29, 0.717) is 18.5 Å². The van der Waals surface area contributed by atoms with Crippen LogP contribution < -0.4 is 11.1 Å². The number of rotatable bonds is 4. The Bertz CT molecular complexity index is 637. The van der Waals surface area contributed by atoms with E-state index in [4.69, 9.17) is 5.73 Å². The van der Waals surface area contributed by atoms with Crippen LogP contribution in [0, 0.1) is 0 Å². The molecule has 1 unspecified atom stereocenters. The van der Waals surface area contributed by atoms with Crippen LogP contribution in [0.1, 0.15) is 17.4 Å². The minimum absolute atomic E-state index is 0.372. The number of nitrogens with zero attached hydrogens (tertiary/aromatic N) is 3. The van der Waals surface area contributed by atoms with Gasteiger partial charge in [-0.05, 0) is 42.5 Å². The van der Waals surface area contributed by atoms with Crippen LogP contribution in [0.15, 0.2) is 40.8 Å². The predicted molar refractivity (Wildman–Crippen MR) is 92.2 cm³/mol. The predicted octanol–water partition coefficient (Wildman–Crippen LogP) is 2.32. The van der Waals surface area contributed by atoms with Crippen molar-refractivity contribution in [2.75, 3.05) is 18.4 Å². The van der Waals surface area contributed by atoms with E-state index in [0.717, 1.165) is 25.3 Å². The van der Waals surface area contributed by atoms with E-state index in [9.17, 15) is 0 Å². The van der Waals surface area contributed by atoms with Gasteiger partial charge in [0, 0.05) is 30.2 Å². The lowest BCUT2D eigenvalue weighted by Crippen LogP contribution is -2.39. The van der Waals surface area contributed by atoms with Gasteiger partial charge in [-0.3, -0.25) is 9.89 Å². The number of anilines is 1. The molecule has 2 aromatic heterocycles. The summed E-state index contributed by atoms with van der Waals surface area (Å²) in [6, 6.07) is 8.26. The van der Waals surface area contributed by atoms with Crippen LogP contribution >= 0.6 is 11.3 Å². The van der Waals surface area contributed by atoms with Crippen LogP contribution in [0.2, 0.25) is 0 Å². The van der Waals surface area contributed by atoms with Crippen molar-refractivity contribution in [3.05, 3.63) is 46.3 Å². The second kappa shape index (κ2) is 6.89. The summed E-state index contributed by atoms with van der Waals surface area (Å²) in [5, 5.41) is 5.20. The number of guanidine groups is 1. The van der Waals surface area contributed by atoms with Crippen LogP contribution in [0.5, 0.6) is 0 Å². The fourth-order valence-corrected chi connectivity index (χ4v) is 3.49. The lowest BCUT2D eigenvalue weighted by atomic mass is 10.1. The maximum absolute atomic E-state index is 5.93. The van der Waals surface area contributed by atoms with E-state index in [1.165, 1.54) is 10.4 Å². The summed E-state index contributed by atoms with van der Waals surface area (Å²) in [7, 11) is 0. The van der Waals surface area contributed by atoms with Gasteiger partial charge in [-0.25, -0.2) is 4.98 Å². The topological polar surface area (TPSA) is 66.5 Å². The fraction of sp³-hybridized carbons (Fsp3) is 0.375. The smallest absolute Gasteiger partial charge is 0.194 e. The molecule has 1 aliphatic heterocycles. The number of aromatic nitrogens is 1. The Kier molecular flexibility index (Phi) is 4.70. The van der Waals surface area contributed by atoms with Gasteiger partial charge >= 0.3 is 0 Å². The Labute approximate surface area is 134 Å². The van der Waals surface area contributed by atoms with Crippen LogP contribution in [0.3, 0.4) is 0 Å². The third-order valence-corrected chi connectivity index (χ3v) is 4.93. The molecule has 1 aliphatic rings. The van der Waals surface area contributed by atoms with Gasteiger partial charge in [0.15, 0.2) is 5.96 Å². The van der Waals surface area contributed by atoms with Crippen molar-refractivity contribution in [1.82, 2.24) is 9.88 Å². The van der Waals surface area contributed by atoms with Crippen molar-refractivity contribution in [2.45, 2.75) is 25.9 Å². The number of nitrogens with two attached hydrogens (primary N) is 1. The van der Waals surface area contributed by atoms with Gasteiger partial charge in [-0.15, -0.1) is 11.3 Å². The van der Waals surface area contributed by atoms with Crippen molar-refractivity contribution in [3.63, 3.8) is 0 Å². The van der Waals surface area contributed by atoms with E-state index in [2.05, 4.69) is 38.6 Å². The maximum Gasteiger partial charge on any atom is 0.194 e. The van der Waals surface area contributed by atoms with Crippen molar-refractivity contribution < 1.29 is 0 Å². The van der Waals surface area contributed by atoms with E-state index < -0.39 is 0 Å². The molecule has 0 radical (unpaired) electrons. The number of fused-ring (bicyclic) bond motifs is 1. The first-order valence-corrected chi connectivity index (χ1v) is 8.37. The molecule has 3 heterocycles. The highest BCUT2D eigenvalue weighted by molar-refractivity contribution is 7.10. The molecule has 0 bridgehead atoms. The number of hydrogen-bond acceptors (Lipinski definition) is 4. The van der Waals surface area contributed by atoms with Gasteiger partial charge in [0.1, 0.15) is 5.82 Å². The SMILES string of the molecule is CC(CN=C(N)Nc1ccccn1)N1CCc2sccc2C1. The van der Waals surface area contributed by atoms with Crippen LogP contribution in [0.4, 0.5) is 5.82 Å². The molecule has 6 heteroatoms. The molecule has 5 nitrogen and oxygen atoms in total. The Balaban J connectivity index is 1.53. The second-order valence-corrected chi connectivity index (χ2v) is 6.51. The average molecular weight is 315 g/mol. The van der Waals surface area contributed by atoms with Gasteiger partial charge in [-0.2, -0.15) is 0 Å². The number of aliphatic imine (C=N–C) groups is 1. The summed E-state index contributed by atoms with van der Waals surface area (Å²) in [4.78, 5) is 12.6. The normalized spacial score (nSPS) is 17.0. The molecule has 22 heavy (non-hydrogen) atoms. The molecule has 1 atom stereocenters. The van der Waals surface area contributed by atoms with Crippen LogP contribution in [-0.4, -0.2) is 35.0 Å². The van der Waals surface area contributed by atoms with E-state index in [1.807, 2.05) is 29.5 Å². The van der Waals surface area contributed by atoms with Crippen LogP contribution in [-0.2, 0) is 13.0 Å².